The SMILES string of the molecule is CCCCc1nc2cc(/C=C/c3ccccc3)c(C(=O)OC)nc2n1Cc1ccc(-c2ccccc2-c2nnn[nH]2)cc1. The van der Waals surface area contributed by atoms with E-state index >= 15 is 0 Å². The van der Waals surface area contributed by atoms with Crippen LogP contribution in [0.2, 0.25) is 0 Å². The number of rotatable bonds is 10. The molecular formula is C34H31N7O2. The number of nitrogens with one attached hydrogen (secondary N) is 1. The number of methoxy groups -OCH3 is 1. The number of tetrazole rings is 1. The van der Waals surface area contributed by atoms with E-state index in [2.05, 4.69) is 62.4 Å². The minimum absolute atomic E-state index is 0.263. The first kappa shape index (κ1) is 27.7. The van der Waals surface area contributed by atoms with Gasteiger partial charge >= 0.3 is 5.97 Å². The minimum Gasteiger partial charge on any atom is -0.464 e. The van der Waals surface area contributed by atoms with E-state index in [1.807, 2.05) is 66.7 Å². The van der Waals surface area contributed by atoms with Crippen molar-refractivity contribution in [2.45, 2.75) is 32.7 Å². The first-order valence-corrected chi connectivity index (χ1v) is 14.3. The van der Waals surface area contributed by atoms with Gasteiger partial charge in [-0.25, -0.2) is 19.9 Å². The molecule has 0 aliphatic heterocycles. The number of aryl methyl sites for hydroxylation is 1. The zero-order valence-electron chi connectivity index (χ0n) is 24.1. The maximum Gasteiger partial charge on any atom is 0.357 e. The van der Waals surface area contributed by atoms with Crippen LogP contribution >= 0.6 is 0 Å². The lowest BCUT2D eigenvalue weighted by Crippen LogP contribution is -2.10. The third-order valence-corrected chi connectivity index (χ3v) is 7.35. The first-order chi connectivity index (χ1) is 21.1. The average molecular weight is 570 g/mol. The van der Waals surface area contributed by atoms with E-state index < -0.39 is 5.97 Å². The molecule has 9 heteroatoms. The number of carbonyl (C=O) groups excluding carboxylic acids is 1. The molecule has 0 radical (unpaired) electrons. The summed E-state index contributed by atoms with van der Waals surface area (Å²) in [4.78, 5) is 22.7. The van der Waals surface area contributed by atoms with Crippen molar-refractivity contribution in [3.05, 3.63) is 113 Å². The molecule has 3 heterocycles. The molecule has 9 nitrogen and oxygen atoms in total. The summed E-state index contributed by atoms with van der Waals surface area (Å²) in [5.74, 6) is 1.08. The number of aromatic nitrogens is 7. The summed E-state index contributed by atoms with van der Waals surface area (Å²) < 4.78 is 7.24. The van der Waals surface area contributed by atoms with Crippen LogP contribution in [0.4, 0.5) is 0 Å². The van der Waals surface area contributed by atoms with E-state index in [9.17, 15) is 4.79 Å². The Morgan fingerprint density at radius 3 is 2.42 bits per heavy atom. The molecule has 214 valence electrons. The summed E-state index contributed by atoms with van der Waals surface area (Å²) in [5.41, 5.74) is 7.47. The highest BCUT2D eigenvalue weighted by Crippen LogP contribution is 2.30. The molecule has 0 saturated carbocycles. The summed E-state index contributed by atoms with van der Waals surface area (Å²) in [6.45, 7) is 2.73. The molecule has 0 aliphatic rings. The van der Waals surface area contributed by atoms with Crippen LogP contribution in [0.15, 0.2) is 84.9 Å². The summed E-state index contributed by atoms with van der Waals surface area (Å²) in [7, 11) is 1.38. The van der Waals surface area contributed by atoms with E-state index in [1.165, 1.54) is 7.11 Å². The summed E-state index contributed by atoms with van der Waals surface area (Å²) in [5, 5.41) is 14.4. The van der Waals surface area contributed by atoms with Crippen LogP contribution in [0.5, 0.6) is 0 Å². The van der Waals surface area contributed by atoms with E-state index in [1.54, 1.807) is 0 Å². The van der Waals surface area contributed by atoms with Crippen LogP contribution in [0.3, 0.4) is 0 Å². The number of aromatic amines is 1. The van der Waals surface area contributed by atoms with Crippen LogP contribution in [0.1, 0.15) is 52.8 Å². The van der Waals surface area contributed by atoms with Gasteiger partial charge in [0.1, 0.15) is 11.3 Å². The number of imidazole rings is 1. The van der Waals surface area contributed by atoms with Gasteiger partial charge in [0.05, 0.1) is 13.7 Å². The number of fused-ring (bicyclic) bond motifs is 1. The van der Waals surface area contributed by atoms with Gasteiger partial charge < -0.3 is 9.30 Å². The highest BCUT2D eigenvalue weighted by molar-refractivity contribution is 5.95. The van der Waals surface area contributed by atoms with Gasteiger partial charge in [-0.2, -0.15) is 0 Å². The minimum atomic E-state index is -0.484. The van der Waals surface area contributed by atoms with E-state index in [0.717, 1.165) is 58.4 Å². The van der Waals surface area contributed by atoms with Crippen LogP contribution in [0, 0.1) is 0 Å². The maximum atomic E-state index is 12.9. The molecule has 0 saturated heterocycles. The molecular weight excluding hydrogens is 538 g/mol. The molecule has 0 aliphatic carbocycles. The van der Waals surface area contributed by atoms with Crippen molar-refractivity contribution in [2.24, 2.45) is 0 Å². The smallest absolute Gasteiger partial charge is 0.357 e. The van der Waals surface area contributed by atoms with Gasteiger partial charge in [-0.1, -0.05) is 104 Å². The molecule has 6 aromatic rings. The summed E-state index contributed by atoms with van der Waals surface area (Å²) in [6.07, 6.45) is 6.71. The number of carbonyl (C=O) groups is 1. The Morgan fingerprint density at radius 2 is 1.70 bits per heavy atom. The fourth-order valence-electron chi connectivity index (χ4n) is 5.13. The number of benzene rings is 3. The topological polar surface area (TPSA) is 111 Å². The molecule has 0 spiro atoms. The molecule has 0 unspecified atom stereocenters. The van der Waals surface area contributed by atoms with Crippen molar-refractivity contribution in [1.29, 1.82) is 0 Å². The van der Waals surface area contributed by atoms with Gasteiger partial charge in [-0.3, -0.25) is 0 Å². The number of ether oxygens (including phenoxy) is 1. The Balaban J connectivity index is 1.37. The largest absolute Gasteiger partial charge is 0.464 e. The second kappa shape index (κ2) is 12.6. The highest BCUT2D eigenvalue weighted by atomic mass is 16.5. The molecule has 0 bridgehead atoms. The number of H-pyrrole nitrogens is 1. The zero-order chi connectivity index (χ0) is 29.6. The van der Waals surface area contributed by atoms with E-state index in [-0.39, 0.29) is 5.69 Å². The number of hydrogen-bond acceptors (Lipinski definition) is 7. The first-order valence-electron chi connectivity index (χ1n) is 14.3. The monoisotopic (exact) mass is 569 g/mol. The number of pyridine rings is 1. The van der Waals surface area contributed by atoms with Crippen molar-refractivity contribution in [3.8, 4) is 22.5 Å². The quantitative estimate of drug-likeness (QED) is 0.184. The van der Waals surface area contributed by atoms with Crippen LogP contribution in [-0.4, -0.2) is 48.2 Å². The second-order valence-electron chi connectivity index (χ2n) is 10.2. The molecule has 6 rings (SSSR count). The Morgan fingerprint density at radius 1 is 0.930 bits per heavy atom. The third kappa shape index (κ3) is 5.97. The van der Waals surface area contributed by atoms with Crippen LogP contribution in [-0.2, 0) is 17.7 Å². The molecule has 3 aromatic carbocycles. The third-order valence-electron chi connectivity index (χ3n) is 7.35. The van der Waals surface area contributed by atoms with Crippen LogP contribution < -0.4 is 0 Å². The van der Waals surface area contributed by atoms with Crippen LogP contribution in [0.25, 0.3) is 45.8 Å². The Bertz CT molecular complexity index is 1880. The van der Waals surface area contributed by atoms with Gasteiger partial charge in [-0.05, 0) is 45.2 Å². The fourth-order valence-corrected chi connectivity index (χ4v) is 5.13. The fraction of sp³-hybridized carbons (Fsp3) is 0.176. The summed E-state index contributed by atoms with van der Waals surface area (Å²) >= 11 is 0. The molecule has 3 aromatic heterocycles. The number of nitrogens with zero attached hydrogens (tertiary/aromatic N) is 6. The molecule has 0 amide bonds. The lowest BCUT2D eigenvalue weighted by Gasteiger charge is -2.12. The van der Waals surface area contributed by atoms with Crippen molar-refractivity contribution < 1.29 is 9.53 Å². The standard InChI is InChI=1S/C34H31N7O2/c1-3-4-14-30-35-29-21-26(20-15-23-10-6-5-7-11-23)31(34(42)43-2)36-33(29)41(30)22-24-16-18-25(19-17-24)27-12-8-9-13-28(27)32-37-39-40-38-32/h5-13,15-21H,3-4,14,22H2,1-2H3,(H,37,38,39,40)/b20-15+. The number of unbranched alkanes of at least 4 members (excludes halogenated alkanes) is 1. The second-order valence-corrected chi connectivity index (χ2v) is 10.2. The summed E-state index contributed by atoms with van der Waals surface area (Å²) in [6, 6.07) is 28.3. The van der Waals surface area contributed by atoms with Gasteiger partial charge in [0.25, 0.3) is 0 Å². The predicted molar refractivity (Wildman–Crippen MR) is 167 cm³/mol. The highest BCUT2D eigenvalue weighted by Gasteiger charge is 2.20. The Hall–Kier alpha value is -5.44. The van der Waals surface area contributed by atoms with E-state index in [0.29, 0.717) is 23.6 Å². The lowest BCUT2D eigenvalue weighted by molar-refractivity contribution is 0.0594. The van der Waals surface area contributed by atoms with Crippen molar-refractivity contribution in [1.82, 2.24) is 35.2 Å². The van der Waals surface area contributed by atoms with Gasteiger partial charge in [0.2, 0.25) is 0 Å². The molecule has 1 N–H and O–H groups in total. The number of esters is 1. The maximum absolute atomic E-state index is 12.9. The van der Waals surface area contributed by atoms with Crippen molar-refractivity contribution >= 4 is 29.3 Å². The van der Waals surface area contributed by atoms with Crippen molar-refractivity contribution in [2.75, 3.05) is 7.11 Å². The molecule has 0 fully saturated rings. The van der Waals surface area contributed by atoms with E-state index in [4.69, 9.17) is 14.7 Å². The van der Waals surface area contributed by atoms with Gasteiger partial charge in [0, 0.05) is 17.5 Å². The van der Waals surface area contributed by atoms with Gasteiger partial charge in [-0.15, -0.1) is 5.10 Å². The normalized spacial score (nSPS) is 11.4. The zero-order valence-corrected chi connectivity index (χ0v) is 24.1. The number of hydrogen-bond donors (Lipinski definition) is 1. The van der Waals surface area contributed by atoms with Gasteiger partial charge in [0.15, 0.2) is 17.2 Å². The van der Waals surface area contributed by atoms with Crippen molar-refractivity contribution in [3.63, 3.8) is 0 Å². The lowest BCUT2D eigenvalue weighted by atomic mass is 9.98. The Kier molecular flexibility index (Phi) is 8.13. The Labute approximate surface area is 249 Å². The molecule has 43 heavy (non-hydrogen) atoms. The average Bonchev–Trinajstić information content (AvgIpc) is 3.71. The molecule has 0 atom stereocenters. The predicted octanol–water partition coefficient (Wildman–Crippen LogP) is 6.63.